The molecular formula is C13H21NOS2. The summed E-state index contributed by atoms with van der Waals surface area (Å²) in [6.45, 7) is 6.79. The minimum absolute atomic E-state index is 0.376. The first-order valence-corrected chi connectivity index (χ1v) is 8.32. The summed E-state index contributed by atoms with van der Waals surface area (Å²) in [7, 11) is 0. The molecule has 0 saturated carbocycles. The van der Waals surface area contributed by atoms with Gasteiger partial charge in [0.1, 0.15) is 0 Å². The Morgan fingerprint density at radius 3 is 3.06 bits per heavy atom. The highest BCUT2D eigenvalue weighted by atomic mass is 32.2. The van der Waals surface area contributed by atoms with Crippen molar-refractivity contribution in [1.82, 2.24) is 5.32 Å². The van der Waals surface area contributed by atoms with Gasteiger partial charge in [-0.1, -0.05) is 6.92 Å². The van der Waals surface area contributed by atoms with Gasteiger partial charge in [0.25, 0.3) is 0 Å². The Morgan fingerprint density at radius 2 is 2.35 bits per heavy atom. The van der Waals surface area contributed by atoms with E-state index >= 15 is 0 Å². The van der Waals surface area contributed by atoms with Gasteiger partial charge in [0.2, 0.25) is 0 Å². The van der Waals surface area contributed by atoms with Crippen molar-refractivity contribution in [3.63, 3.8) is 0 Å². The molecule has 2 nitrogen and oxygen atoms in total. The molecule has 1 aromatic rings. The molecule has 1 aliphatic heterocycles. The topological polar surface area (TPSA) is 21.3 Å². The van der Waals surface area contributed by atoms with Crippen LogP contribution in [0.3, 0.4) is 0 Å². The summed E-state index contributed by atoms with van der Waals surface area (Å²) >= 11 is 4.03. The zero-order valence-corrected chi connectivity index (χ0v) is 12.3. The van der Waals surface area contributed by atoms with Crippen molar-refractivity contribution in [3.05, 3.63) is 21.4 Å². The lowest BCUT2D eigenvalue weighted by atomic mass is 10.2. The second-order valence-corrected chi connectivity index (χ2v) is 6.44. The molecule has 1 unspecified atom stereocenters. The van der Waals surface area contributed by atoms with Crippen LogP contribution in [0, 0.1) is 0 Å². The Kier molecular flexibility index (Phi) is 5.35. The van der Waals surface area contributed by atoms with Crippen molar-refractivity contribution in [2.24, 2.45) is 0 Å². The van der Waals surface area contributed by atoms with E-state index in [9.17, 15) is 0 Å². The Labute approximate surface area is 112 Å². The Hall–Kier alpha value is -0.0300. The van der Waals surface area contributed by atoms with Crippen molar-refractivity contribution in [3.8, 4) is 0 Å². The van der Waals surface area contributed by atoms with E-state index in [1.54, 1.807) is 10.4 Å². The van der Waals surface area contributed by atoms with E-state index < -0.39 is 0 Å². The lowest BCUT2D eigenvalue weighted by molar-refractivity contribution is 0.124. The molecule has 1 aromatic heterocycles. The molecule has 0 saturated heterocycles. The fourth-order valence-corrected chi connectivity index (χ4v) is 4.50. The van der Waals surface area contributed by atoms with E-state index in [-0.39, 0.29) is 0 Å². The third-order valence-electron chi connectivity index (χ3n) is 2.93. The summed E-state index contributed by atoms with van der Waals surface area (Å²) in [6, 6.07) is 2.76. The van der Waals surface area contributed by atoms with Crippen LogP contribution in [-0.2, 0) is 16.9 Å². The molecule has 1 aliphatic rings. The number of ether oxygens (including phenoxy) is 1. The highest BCUT2D eigenvalue weighted by Crippen LogP contribution is 2.34. The number of likely N-dealkylation sites (N-methyl/N-ethyl adjacent to an activating group) is 1. The molecule has 0 spiro atoms. The smallest absolute Gasteiger partial charge is 0.0669 e. The molecule has 0 radical (unpaired) electrons. The summed E-state index contributed by atoms with van der Waals surface area (Å²) in [5.41, 5.74) is 1.56. The maximum Gasteiger partial charge on any atom is 0.0669 e. The van der Waals surface area contributed by atoms with Gasteiger partial charge in [-0.05, 0) is 37.3 Å². The Bertz CT molecular complexity index is 328. The first-order chi connectivity index (χ1) is 8.35. The van der Waals surface area contributed by atoms with E-state index in [2.05, 4.69) is 25.2 Å². The fourth-order valence-electron chi connectivity index (χ4n) is 2.07. The van der Waals surface area contributed by atoms with Gasteiger partial charge in [0.15, 0.2) is 0 Å². The standard InChI is InChI=1S/C13H21NOS2/c1-3-14-11(8-15-4-2)13-7-10-9-16-6-5-12(10)17-13/h7,11,14H,3-6,8-9H2,1-2H3. The van der Waals surface area contributed by atoms with Crippen molar-refractivity contribution >= 4 is 23.1 Å². The number of aryl methyl sites for hydroxylation is 1. The number of hydrogen-bond acceptors (Lipinski definition) is 4. The average Bonchev–Trinajstić information content (AvgIpc) is 2.78. The average molecular weight is 271 g/mol. The first-order valence-electron chi connectivity index (χ1n) is 6.35. The molecule has 4 heteroatoms. The summed E-state index contributed by atoms with van der Waals surface area (Å²) in [5.74, 6) is 2.48. The van der Waals surface area contributed by atoms with E-state index in [0.717, 1.165) is 19.8 Å². The van der Waals surface area contributed by atoms with Gasteiger partial charge in [-0.2, -0.15) is 11.8 Å². The first kappa shape index (κ1) is 13.4. The van der Waals surface area contributed by atoms with Gasteiger partial charge in [0.05, 0.1) is 12.6 Å². The minimum Gasteiger partial charge on any atom is -0.380 e. The van der Waals surface area contributed by atoms with Crippen LogP contribution in [0.15, 0.2) is 6.07 Å². The molecule has 0 aliphatic carbocycles. The number of thiophene rings is 1. The fraction of sp³-hybridized carbons (Fsp3) is 0.692. The van der Waals surface area contributed by atoms with Crippen LogP contribution >= 0.6 is 23.1 Å². The van der Waals surface area contributed by atoms with Crippen LogP contribution in [0.5, 0.6) is 0 Å². The molecule has 96 valence electrons. The number of hydrogen-bond donors (Lipinski definition) is 1. The van der Waals surface area contributed by atoms with Crippen molar-refractivity contribution < 1.29 is 4.74 Å². The summed E-state index contributed by atoms with van der Waals surface area (Å²) in [6.07, 6.45) is 1.25. The van der Waals surface area contributed by atoms with Gasteiger partial charge in [-0.15, -0.1) is 11.3 Å². The molecule has 0 amide bonds. The van der Waals surface area contributed by atoms with Crippen molar-refractivity contribution in [2.45, 2.75) is 32.1 Å². The maximum absolute atomic E-state index is 5.57. The number of rotatable bonds is 6. The van der Waals surface area contributed by atoms with Gasteiger partial charge >= 0.3 is 0 Å². The maximum atomic E-state index is 5.57. The van der Waals surface area contributed by atoms with Gasteiger partial charge in [-0.3, -0.25) is 0 Å². The van der Waals surface area contributed by atoms with Crippen LogP contribution in [-0.4, -0.2) is 25.5 Å². The van der Waals surface area contributed by atoms with E-state index in [0.29, 0.717) is 6.04 Å². The van der Waals surface area contributed by atoms with Gasteiger partial charge in [0, 0.05) is 22.1 Å². The van der Waals surface area contributed by atoms with Crippen molar-refractivity contribution in [1.29, 1.82) is 0 Å². The van der Waals surface area contributed by atoms with Crippen LogP contribution < -0.4 is 5.32 Å². The summed E-state index contributed by atoms with van der Waals surface area (Å²) in [4.78, 5) is 3.05. The second-order valence-electron chi connectivity index (χ2n) is 4.17. The molecule has 1 atom stereocenters. The van der Waals surface area contributed by atoms with Crippen LogP contribution in [0.4, 0.5) is 0 Å². The largest absolute Gasteiger partial charge is 0.380 e. The highest BCUT2D eigenvalue weighted by molar-refractivity contribution is 7.98. The molecule has 2 rings (SSSR count). The lowest BCUT2D eigenvalue weighted by Gasteiger charge is -2.15. The summed E-state index contributed by atoms with van der Waals surface area (Å²) < 4.78 is 5.57. The Balaban J connectivity index is 2.08. The molecule has 1 N–H and O–H groups in total. The molecule has 0 aromatic carbocycles. The number of thioether (sulfide) groups is 1. The quantitative estimate of drug-likeness (QED) is 0.858. The molecule has 0 bridgehead atoms. The molecule has 2 heterocycles. The number of nitrogens with one attached hydrogen (secondary N) is 1. The normalized spacial score (nSPS) is 16.8. The summed E-state index contributed by atoms with van der Waals surface area (Å²) in [5, 5.41) is 3.52. The van der Waals surface area contributed by atoms with Gasteiger partial charge < -0.3 is 10.1 Å². The molecule has 0 fully saturated rings. The van der Waals surface area contributed by atoms with Crippen LogP contribution in [0.2, 0.25) is 0 Å². The highest BCUT2D eigenvalue weighted by Gasteiger charge is 2.18. The molecule has 17 heavy (non-hydrogen) atoms. The van der Waals surface area contributed by atoms with Crippen LogP contribution in [0.1, 0.15) is 35.2 Å². The third-order valence-corrected chi connectivity index (χ3v) is 5.29. The number of fused-ring (bicyclic) bond motifs is 1. The van der Waals surface area contributed by atoms with E-state index in [4.69, 9.17) is 4.74 Å². The predicted molar refractivity (Wildman–Crippen MR) is 77.1 cm³/mol. The minimum atomic E-state index is 0.376. The molecular weight excluding hydrogens is 250 g/mol. The van der Waals surface area contributed by atoms with Crippen LogP contribution in [0.25, 0.3) is 0 Å². The van der Waals surface area contributed by atoms with E-state index in [1.807, 2.05) is 23.1 Å². The Morgan fingerprint density at radius 1 is 1.47 bits per heavy atom. The SMILES string of the molecule is CCNC(COCC)c1cc2c(s1)CCSC2. The lowest BCUT2D eigenvalue weighted by Crippen LogP contribution is -2.24. The zero-order valence-electron chi connectivity index (χ0n) is 10.6. The second kappa shape index (κ2) is 6.78. The zero-order chi connectivity index (χ0) is 12.1. The van der Waals surface area contributed by atoms with E-state index in [1.165, 1.54) is 22.8 Å². The predicted octanol–water partition coefficient (Wildman–Crippen LogP) is 3.22. The third kappa shape index (κ3) is 3.47. The monoisotopic (exact) mass is 271 g/mol. The van der Waals surface area contributed by atoms with Gasteiger partial charge in [-0.25, -0.2) is 0 Å². The van der Waals surface area contributed by atoms with Crippen molar-refractivity contribution in [2.75, 3.05) is 25.5 Å².